The van der Waals surface area contributed by atoms with Gasteiger partial charge in [-0.1, -0.05) is 13.8 Å². The van der Waals surface area contributed by atoms with Crippen LogP contribution in [0.4, 0.5) is 0 Å². The largest absolute Gasteiger partial charge is 0.347 e. The van der Waals surface area contributed by atoms with Crippen molar-refractivity contribution < 1.29 is 4.79 Å². The van der Waals surface area contributed by atoms with E-state index in [0.29, 0.717) is 17.7 Å². The minimum Gasteiger partial charge on any atom is -0.347 e. The third-order valence-corrected chi connectivity index (χ3v) is 4.78. The highest BCUT2D eigenvalue weighted by Crippen LogP contribution is 2.24. The summed E-state index contributed by atoms with van der Waals surface area (Å²) in [5.74, 6) is 2.67. The van der Waals surface area contributed by atoms with Crippen LogP contribution in [0.5, 0.6) is 0 Å². The number of hydrogen-bond donors (Lipinski definition) is 1. The van der Waals surface area contributed by atoms with Crippen LogP contribution in [0.3, 0.4) is 0 Å². The number of guanidine groups is 1. The van der Waals surface area contributed by atoms with E-state index in [4.69, 9.17) is 0 Å². The van der Waals surface area contributed by atoms with Gasteiger partial charge in [-0.05, 0) is 5.92 Å². The number of likely N-dealkylation sites (N-methyl/N-ethyl adjacent to an activating group) is 1. The molecule has 0 saturated carbocycles. The van der Waals surface area contributed by atoms with E-state index in [9.17, 15) is 4.79 Å². The van der Waals surface area contributed by atoms with Crippen LogP contribution in [-0.4, -0.2) is 73.4 Å². The van der Waals surface area contributed by atoms with E-state index in [1.165, 1.54) is 0 Å². The lowest BCUT2D eigenvalue weighted by Gasteiger charge is -2.36. The van der Waals surface area contributed by atoms with Gasteiger partial charge in [-0.15, -0.1) is 24.0 Å². The van der Waals surface area contributed by atoms with Gasteiger partial charge in [0.25, 0.3) is 0 Å². The number of halogens is 1. The molecule has 1 saturated heterocycles. The number of aliphatic imine (C=N–C) groups is 1. The Morgan fingerprint density at radius 2 is 2.15 bits per heavy atom. The van der Waals surface area contributed by atoms with Gasteiger partial charge in [0.05, 0.1) is 6.54 Å². The summed E-state index contributed by atoms with van der Waals surface area (Å²) in [6, 6.07) is 0. The molecule has 0 aromatic heterocycles. The molecule has 1 aliphatic rings. The molecule has 1 fully saturated rings. The molecule has 7 heteroatoms. The Balaban J connectivity index is 0.00000361. The summed E-state index contributed by atoms with van der Waals surface area (Å²) in [4.78, 5) is 19.7. The van der Waals surface area contributed by atoms with Gasteiger partial charge in [0.2, 0.25) is 5.91 Å². The third-order valence-electron chi connectivity index (χ3n) is 3.24. The molecule has 118 valence electrons. The van der Waals surface area contributed by atoms with Gasteiger partial charge in [0.1, 0.15) is 0 Å². The number of hydrogen-bond acceptors (Lipinski definition) is 3. The summed E-state index contributed by atoms with van der Waals surface area (Å²) >= 11 is 2.03. The molecule has 1 N–H and O–H groups in total. The Bertz CT molecular complexity index is 336. The molecule has 0 aliphatic carbocycles. The van der Waals surface area contributed by atoms with Gasteiger partial charge >= 0.3 is 0 Å². The molecule has 0 spiro atoms. The van der Waals surface area contributed by atoms with Crippen molar-refractivity contribution in [2.75, 3.05) is 46.5 Å². The number of nitrogens with zero attached hydrogens (tertiary/aromatic N) is 3. The molecular formula is C13H27IN4OS. The fourth-order valence-electron chi connectivity index (χ4n) is 1.92. The average molecular weight is 414 g/mol. The molecule has 5 nitrogen and oxygen atoms in total. The molecule has 0 radical (unpaired) electrons. The lowest BCUT2D eigenvalue weighted by molar-refractivity contribution is -0.127. The summed E-state index contributed by atoms with van der Waals surface area (Å²) in [5, 5.41) is 3.79. The summed E-state index contributed by atoms with van der Waals surface area (Å²) in [6.07, 6.45) is 0. The van der Waals surface area contributed by atoms with Crippen molar-refractivity contribution >= 4 is 47.6 Å². The molecule has 1 heterocycles. The van der Waals surface area contributed by atoms with E-state index >= 15 is 0 Å². The number of carbonyl (C=O) groups excluding carboxylic acids is 1. The van der Waals surface area contributed by atoms with Crippen LogP contribution in [0.15, 0.2) is 4.99 Å². The Morgan fingerprint density at radius 1 is 1.50 bits per heavy atom. The third kappa shape index (κ3) is 6.07. The summed E-state index contributed by atoms with van der Waals surface area (Å²) < 4.78 is 0. The van der Waals surface area contributed by atoms with E-state index in [2.05, 4.69) is 29.1 Å². The quantitative estimate of drug-likeness (QED) is 0.430. The molecule has 1 aliphatic heterocycles. The van der Waals surface area contributed by atoms with Gasteiger partial charge in [-0.2, -0.15) is 11.8 Å². The van der Waals surface area contributed by atoms with Crippen molar-refractivity contribution in [1.82, 2.24) is 15.1 Å². The fraction of sp³-hybridized carbons (Fsp3) is 0.846. The first-order valence-electron chi connectivity index (χ1n) is 6.73. The maximum Gasteiger partial charge on any atom is 0.241 e. The average Bonchev–Trinajstić information content (AvgIpc) is 2.39. The number of nitrogens with one attached hydrogen (secondary N) is 1. The first-order chi connectivity index (χ1) is 8.95. The monoisotopic (exact) mass is 414 g/mol. The van der Waals surface area contributed by atoms with Crippen molar-refractivity contribution in [2.24, 2.45) is 10.9 Å². The maximum absolute atomic E-state index is 11.6. The molecular weight excluding hydrogens is 387 g/mol. The van der Waals surface area contributed by atoms with Crippen molar-refractivity contribution in [1.29, 1.82) is 0 Å². The molecule has 1 rings (SSSR count). The smallest absolute Gasteiger partial charge is 0.241 e. The normalized spacial score (nSPS) is 19.6. The van der Waals surface area contributed by atoms with E-state index in [1.54, 1.807) is 26.0 Å². The molecule has 1 atom stereocenters. The van der Waals surface area contributed by atoms with E-state index in [-0.39, 0.29) is 29.9 Å². The van der Waals surface area contributed by atoms with Crippen molar-refractivity contribution in [2.45, 2.75) is 19.1 Å². The highest BCUT2D eigenvalue weighted by Gasteiger charge is 2.25. The van der Waals surface area contributed by atoms with Gasteiger partial charge in [-0.3, -0.25) is 9.79 Å². The summed E-state index contributed by atoms with van der Waals surface area (Å²) in [7, 11) is 5.30. The first-order valence-corrected chi connectivity index (χ1v) is 7.78. The van der Waals surface area contributed by atoms with E-state index in [1.807, 2.05) is 11.8 Å². The highest BCUT2D eigenvalue weighted by molar-refractivity contribution is 14.0. The molecule has 0 aromatic carbocycles. The van der Waals surface area contributed by atoms with Crippen LogP contribution in [0.2, 0.25) is 0 Å². The number of amides is 1. The van der Waals surface area contributed by atoms with Crippen LogP contribution in [-0.2, 0) is 4.79 Å². The standard InChI is InChI=1S/C13H26N4OS.HI/c1-10(2)11-9-17(6-7-19-11)13(14-3)15-8-12(18)16(4)5;/h10-11H,6-9H2,1-5H3,(H,14,15);1H. The van der Waals surface area contributed by atoms with Gasteiger partial charge in [-0.25, -0.2) is 0 Å². The molecule has 0 bridgehead atoms. The SMILES string of the molecule is CN=C(NCC(=O)N(C)C)N1CCSC(C(C)C)C1.I. The predicted octanol–water partition coefficient (Wildman–Crippen LogP) is 1.34. The Morgan fingerprint density at radius 3 is 2.65 bits per heavy atom. The number of thioether (sulfide) groups is 1. The van der Waals surface area contributed by atoms with Crippen LogP contribution in [0, 0.1) is 5.92 Å². The predicted molar refractivity (Wildman–Crippen MR) is 98.1 cm³/mol. The van der Waals surface area contributed by atoms with Crippen molar-refractivity contribution in [3.8, 4) is 0 Å². The second-order valence-electron chi connectivity index (χ2n) is 5.29. The summed E-state index contributed by atoms with van der Waals surface area (Å²) in [5.41, 5.74) is 0. The number of rotatable bonds is 3. The fourth-order valence-corrected chi connectivity index (χ4v) is 3.21. The van der Waals surface area contributed by atoms with E-state index < -0.39 is 0 Å². The van der Waals surface area contributed by atoms with Crippen molar-refractivity contribution in [3.63, 3.8) is 0 Å². The molecule has 1 unspecified atom stereocenters. The first kappa shape index (κ1) is 19.8. The minimum absolute atomic E-state index is 0. The Labute approximate surface area is 144 Å². The highest BCUT2D eigenvalue weighted by atomic mass is 127. The summed E-state index contributed by atoms with van der Waals surface area (Å²) in [6.45, 7) is 6.80. The lowest BCUT2D eigenvalue weighted by Crippen LogP contribution is -2.50. The number of carbonyl (C=O) groups is 1. The van der Waals surface area contributed by atoms with Crippen molar-refractivity contribution in [3.05, 3.63) is 0 Å². The van der Waals surface area contributed by atoms with Crippen LogP contribution < -0.4 is 5.32 Å². The molecule has 0 aromatic rings. The van der Waals surface area contributed by atoms with Crippen LogP contribution >= 0.6 is 35.7 Å². The molecule has 1 amide bonds. The molecule has 20 heavy (non-hydrogen) atoms. The van der Waals surface area contributed by atoms with Crippen LogP contribution in [0.1, 0.15) is 13.8 Å². The van der Waals surface area contributed by atoms with Crippen LogP contribution in [0.25, 0.3) is 0 Å². The van der Waals surface area contributed by atoms with Gasteiger partial charge in [0, 0.05) is 45.2 Å². The second kappa shape index (κ2) is 9.70. The zero-order valence-corrected chi connectivity index (χ0v) is 16.2. The Hall–Kier alpha value is -0.180. The topological polar surface area (TPSA) is 47.9 Å². The Kier molecular flexibility index (Phi) is 9.61. The minimum atomic E-state index is 0. The second-order valence-corrected chi connectivity index (χ2v) is 6.64. The zero-order valence-electron chi connectivity index (χ0n) is 13.0. The van der Waals surface area contributed by atoms with Gasteiger partial charge in [0.15, 0.2) is 5.96 Å². The zero-order chi connectivity index (χ0) is 14.4. The lowest BCUT2D eigenvalue weighted by atomic mass is 10.1. The van der Waals surface area contributed by atoms with E-state index in [0.717, 1.165) is 24.8 Å². The maximum atomic E-state index is 11.6. The van der Waals surface area contributed by atoms with Gasteiger partial charge < -0.3 is 15.1 Å².